The summed E-state index contributed by atoms with van der Waals surface area (Å²) in [5.74, 6) is -0.768. The molecule has 5 nitrogen and oxygen atoms in total. The fraction of sp³-hybridized carbons (Fsp3) is 0.938. The molecule has 0 radical (unpaired) electrons. The molecule has 3 unspecified atom stereocenters. The maximum atomic E-state index is 11.6. The first-order valence-corrected chi connectivity index (χ1v) is 8.27. The van der Waals surface area contributed by atoms with Gasteiger partial charge in [-0.25, -0.2) is 0 Å². The molecule has 5 heteroatoms. The van der Waals surface area contributed by atoms with Gasteiger partial charge in [0.25, 0.3) is 0 Å². The van der Waals surface area contributed by atoms with Gasteiger partial charge in [-0.05, 0) is 52.6 Å². The van der Waals surface area contributed by atoms with Crippen LogP contribution in [0.4, 0.5) is 0 Å². The molecule has 124 valence electrons. The Morgan fingerprint density at radius 2 is 2.24 bits per heavy atom. The van der Waals surface area contributed by atoms with Gasteiger partial charge in [0.15, 0.2) is 0 Å². The molecule has 0 amide bonds. The molecule has 0 bridgehead atoms. The van der Waals surface area contributed by atoms with E-state index in [9.17, 15) is 9.90 Å². The molecule has 0 spiro atoms. The summed E-state index contributed by atoms with van der Waals surface area (Å²) in [5, 5.41) is 12.7. The van der Waals surface area contributed by atoms with Crippen LogP contribution in [0.5, 0.6) is 0 Å². The molecule has 2 N–H and O–H groups in total. The zero-order chi connectivity index (χ0) is 15.9. The monoisotopic (exact) mass is 300 g/mol. The van der Waals surface area contributed by atoms with E-state index >= 15 is 0 Å². The average Bonchev–Trinajstić information content (AvgIpc) is 2.95. The maximum Gasteiger partial charge on any atom is 0.323 e. The van der Waals surface area contributed by atoms with Gasteiger partial charge in [0.1, 0.15) is 5.54 Å². The third kappa shape index (κ3) is 5.57. The third-order valence-corrected chi connectivity index (χ3v) is 4.43. The Bertz CT molecular complexity index is 319. The van der Waals surface area contributed by atoms with E-state index in [1.807, 2.05) is 0 Å². The molecule has 0 aromatic carbocycles. The number of hydrogen-bond acceptors (Lipinski definition) is 4. The van der Waals surface area contributed by atoms with Gasteiger partial charge in [0.2, 0.25) is 0 Å². The van der Waals surface area contributed by atoms with Crippen molar-refractivity contribution in [2.75, 3.05) is 26.2 Å². The standard InChI is InChI=1S/C16H32N2O3/c1-5-9-17-16(4,15(19)20)11-13(3)18(6-2)12-14-8-7-10-21-14/h13-14,17H,5-12H2,1-4H3,(H,19,20). The second-order valence-corrected chi connectivity index (χ2v) is 6.34. The smallest absolute Gasteiger partial charge is 0.323 e. The van der Waals surface area contributed by atoms with Crippen LogP contribution in [0.25, 0.3) is 0 Å². The van der Waals surface area contributed by atoms with Crippen LogP contribution in [0, 0.1) is 0 Å². The molecule has 0 aromatic heterocycles. The number of hydrogen-bond donors (Lipinski definition) is 2. The van der Waals surface area contributed by atoms with Crippen molar-refractivity contribution in [1.29, 1.82) is 0 Å². The van der Waals surface area contributed by atoms with Crippen LogP contribution in [0.15, 0.2) is 0 Å². The number of carbonyl (C=O) groups is 1. The molecular formula is C16H32N2O3. The minimum absolute atomic E-state index is 0.213. The predicted octanol–water partition coefficient (Wildman–Crippen LogP) is 2.11. The van der Waals surface area contributed by atoms with Crippen LogP contribution < -0.4 is 5.32 Å². The van der Waals surface area contributed by atoms with Crippen molar-refractivity contribution in [2.24, 2.45) is 0 Å². The zero-order valence-corrected chi connectivity index (χ0v) is 14.0. The Balaban J connectivity index is 2.60. The van der Waals surface area contributed by atoms with Crippen molar-refractivity contribution in [3.63, 3.8) is 0 Å². The van der Waals surface area contributed by atoms with E-state index < -0.39 is 11.5 Å². The SMILES string of the molecule is CCCNC(C)(CC(C)N(CC)CC1CCCO1)C(=O)O. The first-order chi connectivity index (χ1) is 9.92. The molecule has 1 fully saturated rings. The number of nitrogens with one attached hydrogen (secondary N) is 1. The fourth-order valence-corrected chi connectivity index (χ4v) is 3.03. The highest BCUT2D eigenvalue weighted by atomic mass is 16.5. The van der Waals surface area contributed by atoms with Gasteiger partial charge in [0, 0.05) is 19.2 Å². The molecule has 1 rings (SSSR count). The van der Waals surface area contributed by atoms with E-state index in [1.54, 1.807) is 6.92 Å². The Morgan fingerprint density at radius 1 is 1.52 bits per heavy atom. The lowest BCUT2D eigenvalue weighted by Crippen LogP contribution is -2.54. The van der Waals surface area contributed by atoms with Gasteiger partial charge in [-0.2, -0.15) is 0 Å². The van der Waals surface area contributed by atoms with Crippen molar-refractivity contribution in [2.45, 2.75) is 71.1 Å². The molecular weight excluding hydrogens is 268 g/mol. The van der Waals surface area contributed by atoms with E-state index in [-0.39, 0.29) is 6.04 Å². The largest absolute Gasteiger partial charge is 0.480 e. The number of aliphatic carboxylic acids is 1. The average molecular weight is 300 g/mol. The van der Waals surface area contributed by atoms with Crippen LogP contribution in [0.2, 0.25) is 0 Å². The van der Waals surface area contributed by atoms with E-state index in [0.29, 0.717) is 12.5 Å². The van der Waals surface area contributed by atoms with Crippen LogP contribution >= 0.6 is 0 Å². The summed E-state index contributed by atoms with van der Waals surface area (Å²) in [6.45, 7) is 11.5. The summed E-state index contributed by atoms with van der Waals surface area (Å²) in [6.07, 6.45) is 4.11. The lowest BCUT2D eigenvalue weighted by molar-refractivity contribution is -0.145. The number of nitrogens with zero attached hydrogens (tertiary/aromatic N) is 1. The van der Waals surface area contributed by atoms with E-state index in [1.165, 1.54) is 0 Å². The highest BCUT2D eigenvalue weighted by Gasteiger charge is 2.35. The molecule has 0 aromatic rings. The van der Waals surface area contributed by atoms with Crippen LogP contribution in [-0.2, 0) is 9.53 Å². The molecule has 0 saturated carbocycles. The summed E-state index contributed by atoms with van der Waals surface area (Å²) in [7, 11) is 0. The van der Waals surface area contributed by atoms with Crippen molar-refractivity contribution < 1.29 is 14.6 Å². The molecule has 3 atom stereocenters. The Kier molecular flexibility index (Phi) is 7.63. The second kappa shape index (κ2) is 8.71. The van der Waals surface area contributed by atoms with E-state index in [4.69, 9.17) is 4.74 Å². The number of carboxylic acid groups (broad SMARTS) is 1. The van der Waals surface area contributed by atoms with Gasteiger partial charge in [0.05, 0.1) is 6.10 Å². The van der Waals surface area contributed by atoms with Crippen molar-refractivity contribution in [1.82, 2.24) is 10.2 Å². The van der Waals surface area contributed by atoms with Gasteiger partial charge in [-0.1, -0.05) is 13.8 Å². The van der Waals surface area contributed by atoms with Gasteiger partial charge < -0.3 is 15.2 Å². The maximum absolute atomic E-state index is 11.6. The fourth-order valence-electron chi connectivity index (χ4n) is 3.03. The summed E-state index contributed by atoms with van der Waals surface area (Å²) in [4.78, 5) is 14.0. The number of rotatable bonds is 10. The molecule has 1 aliphatic rings. The second-order valence-electron chi connectivity index (χ2n) is 6.34. The third-order valence-electron chi connectivity index (χ3n) is 4.43. The molecule has 1 aliphatic heterocycles. The van der Waals surface area contributed by atoms with Crippen LogP contribution in [0.3, 0.4) is 0 Å². The van der Waals surface area contributed by atoms with Gasteiger partial charge in [-0.15, -0.1) is 0 Å². The van der Waals surface area contributed by atoms with E-state index in [2.05, 4.69) is 31.0 Å². The summed E-state index contributed by atoms with van der Waals surface area (Å²) in [6, 6.07) is 0.213. The summed E-state index contributed by atoms with van der Waals surface area (Å²) < 4.78 is 5.70. The lowest BCUT2D eigenvalue weighted by Gasteiger charge is -2.36. The summed E-state index contributed by atoms with van der Waals surface area (Å²) in [5.41, 5.74) is -0.862. The molecule has 1 heterocycles. The zero-order valence-electron chi connectivity index (χ0n) is 14.0. The van der Waals surface area contributed by atoms with Crippen molar-refractivity contribution in [3.05, 3.63) is 0 Å². The van der Waals surface area contributed by atoms with Crippen molar-refractivity contribution in [3.8, 4) is 0 Å². The number of likely N-dealkylation sites (N-methyl/N-ethyl adjacent to an activating group) is 1. The minimum Gasteiger partial charge on any atom is -0.480 e. The Morgan fingerprint density at radius 3 is 2.71 bits per heavy atom. The highest BCUT2D eigenvalue weighted by Crippen LogP contribution is 2.20. The number of carboxylic acids is 1. The lowest BCUT2D eigenvalue weighted by atomic mass is 9.92. The van der Waals surface area contributed by atoms with Crippen molar-refractivity contribution >= 4 is 5.97 Å². The Hall–Kier alpha value is -0.650. The quantitative estimate of drug-likeness (QED) is 0.647. The van der Waals surface area contributed by atoms with Gasteiger partial charge in [-0.3, -0.25) is 9.69 Å². The van der Waals surface area contributed by atoms with E-state index in [0.717, 1.165) is 45.5 Å². The molecule has 0 aliphatic carbocycles. The topological polar surface area (TPSA) is 61.8 Å². The molecule has 21 heavy (non-hydrogen) atoms. The first-order valence-electron chi connectivity index (χ1n) is 8.27. The van der Waals surface area contributed by atoms with Gasteiger partial charge >= 0.3 is 5.97 Å². The predicted molar refractivity (Wildman–Crippen MR) is 84.6 cm³/mol. The highest BCUT2D eigenvalue weighted by molar-refractivity contribution is 5.78. The van der Waals surface area contributed by atoms with Crippen LogP contribution in [-0.4, -0.2) is 59.9 Å². The normalized spacial score (nSPS) is 23.2. The van der Waals surface area contributed by atoms with Crippen LogP contribution in [0.1, 0.15) is 53.4 Å². The summed E-state index contributed by atoms with van der Waals surface area (Å²) >= 11 is 0. The minimum atomic E-state index is -0.862. The Labute approximate surface area is 129 Å². The first kappa shape index (κ1) is 18.4. The number of ether oxygens (including phenoxy) is 1. The molecule has 1 saturated heterocycles.